The van der Waals surface area contributed by atoms with Crippen molar-refractivity contribution in [1.82, 2.24) is 0 Å². The molecule has 4 rings (SSSR count). The van der Waals surface area contributed by atoms with E-state index >= 15 is 0 Å². The third-order valence-corrected chi connectivity index (χ3v) is 6.60. The standard InChI is InChI=1S/C30H34N3O4P/c1-7-36-21-12-10-11-20(15-21)23-16-25(30(3,4)5)28(37-38(6,31)35)17-27(23)33-29(34)24-18-32-26-14-9-8-13-22(26)19(24)2/h8-18,32,35H,2,6-7,31H2,1,3-5H3,(H,33,34). The van der Waals surface area contributed by atoms with E-state index in [0.29, 0.717) is 34.9 Å². The molecule has 0 radical (unpaired) electrons. The summed E-state index contributed by atoms with van der Waals surface area (Å²) < 4.78 is 11.5. The van der Waals surface area contributed by atoms with Crippen LogP contribution in [0.2, 0.25) is 0 Å². The van der Waals surface area contributed by atoms with Crippen LogP contribution in [-0.4, -0.2) is 23.7 Å². The van der Waals surface area contributed by atoms with E-state index in [1.165, 1.54) is 0 Å². The van der Waals surface area contributed by atoms with Crippen LogP contribution in [0.1, 0.15) is 38.8 Å². The summed E-state index contributed by atoms with van der Waals surface area (Å²) >= 11 is 0. The SMILES string of the molecule is C=C1C(C(=O)Nc2cc(OP(=C)(N)O)c(C(C)(C)C)cc2-c2cccc(OCC)c2)=CNc2ccccc21. The molecule has 3 aromatic rings. The molecule has 1 unspecified atom stereocenters. The lowest BCUT2D eigenvalue weighted by molar-refractivity contribution is -0.112. The summed E-state index contributed by atoms with van der Waals surface area (Å²) in [5, 5.41) is 6.21. The quantitative estimate of drug-likeness (QED) is 0.258. The lowest BCUT2D eigenvalue weighted by atomic mass is 9.84. The summed E-state index contributed by atoms with van der Waals surface area (Å²) in [6, 6.07) is 19.0. The number of hydrogen-bond acceptors (Lipinski definition) is 6. The van der Waals surface area contributed by atoms with Gasteiger partial charge >= 0.3 is 0 Å². The van der Waals surface area contributed by atoms with E-state index in [9.17, 15) is 9.69 Å². The number of nitrogens with one attached hydrogen (secondary N) is 2. The third-order valence-electron chi connectivity index (χ3n) is 6.08. The molecule has 1 aliphatic heterocycles. The number of carbonyl (C=O) groups excluding carboxylic acids is 1. The molecule has 0 saturated heterocycles. The van der Waals surface area contributed by atoms with E-state index in [2.05, 4.69) is 23.5 Å². The molecule has 7 nitrogen and oxygen atoms in total. The lowest BCUT2D eigenvalue weighted by Gasteiger charge is -2.27. The molecule has 1 atom stereocenters. The van der Waals surface area contributed by atoms with E-state index in [4.69, 9.17) is 14.8 Å². The molecule has 0 aromatic heterocycles. The molecule has 198 valence electrons. The van der Waals surface area contributed by atoms with Crippen molar-refractivity contribution in [3.63, 3.8) is 0 Å². The first-order chi connectivity index (χ1) is 17.9. The van der Waals surface area contributed by atoms with E-state index < -0.39 is 7.49 Å². The van der Waals surface area contributed by atoms with Crippen molar-refractivity contribution in [2.75, 3.05) is 17.2 Å². The van der Waals surface area contributed by atoms with Crippen molar-refractivity contribution >= 4 is 36.6 Å². The Bertz CT molecular complexity index is 1480. The van der Waals surface area contributed by atoms with Gasteiger partial charge in [0.05, 0.1) is 17.9 Å². The molecular weight excluding hydrogens is 497 g/mol. The van der Waals surface area contributed by atoms with Crippen LogP contribution in [0.5, 0.6) is 11.5 Å². The van der Waals surface area contributed by atoms with Gasteiger partial charge in [0.1, 0.15) is 11.5 Å². The molecule has 5 N–H and O–H groups in total. The Morgan fingerprint density at radius 1 is 1.11 bits per heavy atom. The highest BCUT2D eigenvalue weighted by Crippen LogP contribution is 2.45. The number of anilines is 2. The minimum Gasteiger partial charge on any atom is -0.494 e. The van der Waals surface area contributed by atoms with Gasteiger partial charge in [0.15, 0.2) is 0 Å². The Kier molecular flexibility index (Phi) is 7.56. The zero-order valence-corrected chi connectivity index (χ0v) is 23.1. The first-order valence-electron chi connectivity index (χ1n) is 12.3. The Labute approximate surface area is 224 Å². The zero-order valence-electron chi connectivity index (χ0n) is 22.2. The average molecular weight is 532 g/mol. The summed E-state index contributed by atoms with van der Waals surface area (Å²) in [4.78, 5) is 23.9. The van der Waals surface area contributed by atoms with Gasteiger partial charge in [0.2, 0.25) is 7.49 Å². The molecule has 8 heteroatoms. The fraction of sp³-hybridized carbons (Fsp3) is 0.200. The second-order valence-electron chi connectivity index (χ2n) is 10.1. The largest absolute Gasteiger partial charge is 0.494 e. The summed E-state index contributed by atoms with van der Waals surface area (Å²) in [6.07, 6.45) is 5.24. The molecule has 0 aliphatic carbocycles. The first kappa shape index (κ1) is 27.3. The summed E-state index contributed by atoms with van der Waals surface area (Å²) in [6.45, 7) is 12.7. The van der Waals surface area contributed by atoms with Crippen molar-refractivity contribution < 1.29 is 18.9 Å². The van der Waals surface area contributed by atoms with Gasteiger partial charge < -0.3 is 24.8 Å². The van der Waals surface area contributed by atoms with Crippen molar-refractivity contribution in [1.29, 1.82) is 0 Å². The van der Waals surface area contributed by atoms with E-state index in [1.807, 2.05) is 82.3 Å². The van der Waals surface area contributed by atoms with Gasteiger partial charge in [-0.3, -0.25) is 10.3 Å². The van der Waals surface area contributed by atoms with E-state index in [0.717, 1.165) is 27.9 Å². The topological polar surface area (TPSA) is 106 Å². The van der Waals surface area contributed by atoms with Crippen LogP contribution in [-0.2, 0) is 10.2 Å². The maximum atomic E-state index is 13.6. The second kappa shape index (κ2) is 10.5. The number of hydrogen-bond donors (Lipinski definition) is 4. The first-order valence-corrected chi connectivity index (χ1v) is 14.2. The van der Waals surface area contributed by atoms with Crippen molar-refractivity contribution in [3.8, 4) is 22.6 Å². The number of amides is 1. The Morgan fingerprint density at radius 3 is 2.53 bits per heavy atom. The van der Waals surface area contributed by atoms with Crippen LogP contribution >= 0.6 is 7.49 Å². The number of para-hydroxylation sites is 1. The minimum atomic E-state index is -3.38. The zero-order chi connectivity index (χ0) is 27.7. The fourth-order valence-corrected chi connectivity index (χ4v) is 4.81. The van der Waals surface area contributed by atoms with Crippen LogP contribution in [0, 0.1) is 0 Å². The molecule has 1 heterocycles. The maximum Gasteiger partial charge on any atom is 0.257 e. The number of rotatable bonds is 7. The highest BCUT2D eigenvalue weighted by atomic mass is 31.2. The molecule has 0 saturated carbocycles. The van der Waals surface area contributed by atoms with Gasteiger partial charge in [-0.1, -0.05) is 57.7 Å². The second-order valence-corrected chi connectivity index (χ2v) is 11.8. The normalized spacial score (nSPS) is 14.5. The van der Waals surface area contributed by atoms with Crippen LogP contribution in [0.3, 0.4) is 0 Å². The van der Waals surface area contributed by atoms with Gasteiger partial charge in [-0.05, 0) is 54.0 Å². The minimum absolute atomic E-state index is 0.346. The van der Waals surface area contributed by atoms with Crippen LogP contribution in [0.25, 0.3) is 16.7 Å². The highest BCUT2D eigenvalue weighted by Gasteiger charge is 2.26. The molecular formula is C30H34N3O4P. The number of nitrogens with two attached hydrogens (primary N) is 1. The maximum absolute atomic E-state index is 13.6. The van der Waals surface area contributed by atoms with Crippen LogP contribution < -0.4 is 25.4 Å². The predicted octanol–water partition coefficient (Wildman–Crippen LogP) is 6.54. The summed E-state index contributed by atoms with van der Waals surface area (Å²) in [5.74, 6) is 0.718. The Morgan fingerprint density at radius 2 is 1.84 bits per heavy atom. The van der Waals surface area contributed by atoms with Crippen LogP contribution in [0.4, 0.5) is 11.4 Å². The average Bonchev–Trinajstić information content (AvgIpc) is 2.83. The number of benzene rings is 3. The monoisotopic (exact) mass is 531 g/mol. The third kappa shape index (κ3) is 6.03. The van der Waals surface area contributed by atoms with Gasteiger partial charge in [0, 0.05) is 34.6 Å². The smallest absolute Gasteiger partial charge is 0.257 e. The Balaban J connectivity index is 1.83. The van der Waals surface area contributed by atoms with Crippen molar-refractivity contribution in [2.45, 2.75) is 33.1 Å². The van der Waals surface area contributed by atoms with Gasteiger partial charge in [-0.2, -0.15) is 0 Å². The summed E-state index contributed by atoms with van der Waals surface area (Å²) in [5.41, 5.74) is 11.1. The van der Waals surface area contributed by atoms with E-state index in [-0.39, 0.29) is 11.3 Å². The van der Waals surface area contributed by atoms with Gasteiger partial charge in [-0.25, -0.2) is 0 Å². The Hall–Kier alpha value is -3.77. The molecule has 1 amide bonds. The van der Waals surface area contributed by atoms with Crippen molar-refractivity contribution in [3.05, 3.63) is 90.1 Å². The number of fused-ring (bicyclic) bond motifs is 1. The molecule has 0 bridgehead atoms. The molecule has 1 aliphatic rings. The van der Waals surface area contributed by atoms with E-state index in [1.54, 1.807) is 12.3 Å². The highest BCUT2D eigenvalue weighted by molar-refractivity contribution is 7.61. The molecule has 38 heavy (non-hydrogen) atoms. The fourth-order valence-electron chi connectivity index (χ4n) is 4.32. The van der Waals surface area contributed by atoms with Crippen molar-refractivity contribution in [2.24, 2.45) is 5.50 Å². The lowest BCUT2D eigenvalue weighted by Crippen LogP contribution is -2.20. The number of carbonyl (C=O) groups is 1. The number of ether oxygens (including phenoxy) is 1. The summed E-state index contributed by atoms with van der Waals surface area (Å²) in [7, 11) is -3.38. The van der Waals surface area contributed by atoms with Crippen LogP contribution in [0.15, 0.2) is 79.0 Å². The molecule has 0 spiro atoms. The predicted molar refractivity (Wildman–Crippen MR) is 159 cm³/mol. The van der Waals surface area contributed by atoms with Gasteiger partial charge in [0.25, 0.3) is 5.91 Å². The molecule has 3 aromatic carbocycles. The molecule has 0 fully saturated rings. The van der Waals surface area contributed by atoms with Gasteiger partial charge in [-0.15, -0.1) is 0 Å².